The van der Waals surface area contributed by atoms with Crippen molar-refractivity contribution in [2.45, 2.75) is 17.2 Å². The molecule has 0 aliphatic rings. The van der Waals surface area contributed by atoms with Gasteiger partial charge in [0.2, 0.25) is 11.7 Å². The third kappa shape index (κ3) is 5.26. The van der Waals surface area contributed by atoms with Crippen LogP contribution in [-0.4, -0.2) is 16.0 Å². The number of carbonyl (C=O) groups excluding carboxylic acids is 1. The Balaban J connectivity index is 1.29. The molecule has 0 radical (unpaired) electrons. The number of aromatic nitrogens is 2. The molecule has 8 heteroatoms. The molecule has 0 bridgehead atoms. The van der Waals surface area contributed by atoms with Crippen LogP contribution in [-0.2, 0) is 12.3 Å². The maximum absolute atomic E-state index is 12.4. The Kier molecular flexibility index (Phi) is 6.29. The predicted molar refractivity (Wildman–Crippen MR) is 116 cm³/mol. The maximum atomic E-state index is 12.4. The number of hydrogen-bond donors (Lipinski definition) is 1. The first-order valence-electron chi connectivity index (χ1n) is 8.79. The molecule has 0 aliphatic carbocycles. The quantitative estimate of drug-likeness (QED) is 0.374. The van der Waals surface area contributed by atoms with Crippen LogP contribution in [0.15, 0.2) is 75.5 Å². The van der Waals surface area contributed by atoms with Gasteiger partial charge < -0.3 is 9.84 Å². The molecule has 0 unspecified atom stereocenters. The topological polar surface area (TPSA) is 68.0 Å². The van der Waals surface area contributed by atoms with E-state index in [4.69, 9.17) is 16.1 Å². The van der Waals surface area contributed by atoms with Crippen molar-refractivity contribution in [3.8, 4) is 10.7 Å². The normalized spacial score (nSPS) is 10.8. The summed E-state index contributed by atoms with van der Waals surface area (Å²) in [5.74, 6) is 1.54. The Morgan fingerprint density at radius 3 is 2.62 bits per heavy atom. The van der Waals surface area contributed by atoms with Gasteiger partial charge in [0.05, 0.1) is 11.4 Å². The molecule has 2 aromatic carbocycles. The van der Waals surface area contributed by atoms with E-state index in [1.54, 1.807) is 11.8 Å². The van der Waals surface area contributed by atoms with E-state index in [0.717, 1.165) is 26.1 Å². The molecular formula is C21H16ClN3O2S2. The molecule has 4 aromatic rings. The molecule has 5 nitrogen and oxygen atoms in total. The number of nitrogens with one attached hydrogen (secondary N) is 1. The number of thioether (sulfide) groups is 1. The number of benzene rings is 2. The Morgan fingerprint density at radius 2 is 1.90 bits per heavy atom. The van der Waals surface area contributed by atoms with Gasteiger partial charge in [-0.25, -0.2) is 0 Å². The molecule has 29 heavy (non-hydrogen) atoms. The van der Waals surface area contributed by atoms with E-state index in [0.29, 0.717) is 17.3 Å². The summed E-state index contributed by atoms with van der Waals surface area (Å²) in [6.07, 6.45) is 0. The van der Waals surface area contributed by atoms with Crippen LogP contribution in [0.5, 0.6) is 0 Å². The minimum atomic E-state index is -0.183. The Labute approximate surface area is 181 Å². The molecule has 0 fully saturated rings. The number of halogens is 1. The van der Waals surface area contributed by atoms with Gasteiger partial charge in [-0.1, -0.05) is 35.0 Å². The average molecular weight is 442 g/mol. The molecular weight excluding hydrogens is 426 g/mol. The number of carbonyl (C=O) groups is 1. The summed E-state index contributed by atoms with van der Waals surface area (Å²) in [6.45, 7) is 0.186. The van der Waals surface area contributed by atoms with Gasteiger partial charge in [-0.15, -0.1) is 23.1 Å². The minimum absolute atomic E-state index is 0.183. The van der Waals surface area contributed by atoms with Crippen molar-refractivity contribution in [2.24, 2.45) is 0 Å². The lowest BCUT2D eigenvalue weighted by Crippen LogP contribution is -2.22. The van der Waals surface area contributed by atoms with Crippen molar-refractivity contribution in [3.05, 3.63) is 88.1 Å². The molecule has 146 valence electrons. The van der Waals surface area contributed by atoms with Gasteiger partial charge in [-0.2, -0.15) is 4.98 Å². The van der Waals surface area contributed by atoms with Gasteiger partial charge in [0, 0.05) is 21.2 Å². The number of nitrogens with zero attached hydrogens (tertiary/aromatic N) is 2. The molecule has 0 saturated heterocycles. The summed E-state index contributed by atoms with van der Waals surface area (Å²) in [4.78, 5) is 18.7. The van der Waals surface area contributed by atoms with Crippen LogP contribution in [0.4, 0.5) is 0 Å². The van der Waals surface area contributed by atoms with Gasteiger partial charge in [-0.05, 0) is 53.4 Å². The number of rotatable bonds is 7. The second kappa shape index (κ2) is 9.26. The molecule has 2 heterocycles. The van der Waals surface area contributed by atoms with Gasteiger partial charge in [0.1, 0.15) is 0 Å². The largest absolute Gasteiger partial charge is 0.343 e. The highest BCUT2D eigenvalue weighted by molar-refractivity contribution is 7.98. The Bertz CT molecular complexity index is 1080. The summed E-state index contributed by atoms with van der Waals surface area (Å²) in [5, 5.41) is 9.42. The van der Waals surface area contributed by atoms with Gasteiger partial charge >= 0.3 is 0 Å². The third-order valence-corrected chi connectivity index (χ3v) is 6.25. The van der Waals surface area contributed by atoms with Crippen molar-refractivity contribution >= 4 is 40.6 Å². The minimum Gasteiger partial charge on any atom is -0.343 e. The fourth-order valence-electron chi connectivity index (χ4n) is 2.54. The number of hydrogen-bond acceptors (Lipinski definition) is 6. The standard InChI is InChI=1S/C21H16ClN3O2S2/c22-16-7-9-17(10-8-16)29-13-14-3-5-15(6-4-14)21(26)23-12-19-24-20(25-27-19)18-2-1-11-28-18/h1-11H,12-13H2,(H,23,26). The highest BCUT2D eigenvalue weighted by Gasteiger charge is 2.11. The lowest BCUT2D eigenvalue weighted by atomic mass is 10.1. The first-order chi connectivity index (χ1) is 14.2. The van der Waals surface area contributed by atoms with Crippen LogP contribution in [0.3, 0.4) is 0 Å². The van der Waals surface area contributed by atoms with E-state index >= 15 is 0 Å². The van der Waals surface area contributed by atoms with Crippen LogP contribution >= 0.6 is 34.7 Å². The number of thiophene rings is 1. The molecule has 1 N–H and O–H groups in total. The molecule has 0 saturated carbocycles. The van der Waals surface area contributed by atoms with Crippen molar-refractivity contribution in [1.29, 1.82) is 0 Å². The smallest absolute Gasteiger partial charge is 0.251 e. The van der Waals surface area contributed by atoms with Crippen LogP contribution in [0.1, 0.15) is 21.8 Å². The summed E-state index contributed by atoms with van der Waals surface area (Å²) < 4.78 is 5.19. The van der Waals surface area contributed by atoms with Crippen LogP contribution in [0.2, 0.25) is 5.02 Å². The summed E-state index contributed by atoms with van der Waals surface area (Å²) >= 11 is 9.16. The van der Waals surface area contributed by atoms with Crippen molar-refractivity contribution in [3.63, 3.8) is 0 Å². The Morgan fingerprint density at radius 1 is 1.10 bits per heavy atom. The average Bonchev–Trinajstić information content (AvgIpc) is 3.44. The molecule has 0 aliphatic heterocycles. The second-order valence-corrected chi connectivity index (χ2v) is 8.54. The van der Waals surface area contributed by atoms with Crippen molar-refractivity contribution in [1.82, 2.24) is 15.5 Å². The van der Waals surface area contributed by atoms with E-state index in [-0.39, 0.29) is 12.5 Å². The van der Waals surface area contributed by atoms with E-state index in [9.17, 15) is 4.79 Å². The molecule has 0 spiro atoms. The lowest BCUT2D eigenvalue weighted by Gasteiger charge is -2.05. The van der Waals surface area contributed by atoms with Gasteiger partial charge in [0.25, 0.3) is 5.91 Å². The van der Waals surface area contributed by atoms with Crippen molar-refractivity contribution < 1.29 is 9.32 Å². The van der Waals surface area contributed by atoms with Gasteiger partial charge in [0.15, 0.2) is 0 Å². The summed E-state index contributed by atoms with van der Waals surface area (Å²) in [5.41, 5.74) is 1.72. The first kappa shape index (κ1) is 19.7. The van der Waals surface area contributed by atoms with Crippen LogP contribution in [0, 0.1) is 0 Å². The maximum Gasteiger partial charge on any atom is 0.251 e. The van der Waals surface area contributed by atoms with E-state index in [2.05, 4.69) is 15.5 Å². The predicted octanol–water partition coefficient (Wildman–Crippen LogP) is 5.67. The van der Waals surface area contributed by atoms with E-state index < -0.39 is 0 Å². The molecule has 2 aromatic heterocycles. The zero-order chi connectivity index (χ0) is 20.1. The summed E-state index contributed by atoms with van der Waals surface area (Å²) in [7, 11) is 0. The second-order valence-electron chi connectivity index (χ2n) is 6.11. The number of amides is 1. The fourth-order valence-corrected chi connectivity index (χ4v) is 4.17. The van der Waals surface area contributed by atoms with Crippen LogP contribution < -0.4 is 5.32 Å². The van der Waals surface area contributed by atoms with E-state index in [1.165, 1.54) is 11.3 Å². The monoisotopic (exact) mass is 441 g/mol. The molecule has 0 atom stereocenters. The van der Waals surface area contributed by atoms with E-state index in [1.807, 2.05) is 66.0 Å². The fraction of sp³-hybridized carbons (Fsp3) is 0.0952. The van der Waals surface area contributed by atoms with Gasteiger partial charge in [-0.3, -0.25) is 4.79 Å². The summed E-state index contributed by atoms with van der Waals surface area (Å²) in [6, 6.07) is 19.1. The molecule has 4 rings (SSSR count). The van der Waals surface area contributed by atoms with Crippen LogP contribution in [0.25, 0.3) is 10.7 Å². The molecule has 1 amide bonds. The Hall–Kier alpha value is -2.61. The highest BCUT2D eigenvalue weighted by atomic mass is 35.5. The first-order valence-corrected chi connectivity index (χ1v) is 11.0. The van der Waals surface area contributed by atoms with Crippen molar-refractivity contribution in [2.75, 3.05) is 0 Å². The zero-order valence-electron chi connectivity index (χ0n) is 15.2. The zero-order valence-corrected chi connectivity index (χ0v) is 17.6. The third-order valence-electron chi connectivity index (χ3n) is 4.05. The lowest BCUT2D eigenvalue weighted by molar-refractivity contribution is 0.0946. The SMILES string of the molecule is O=C(NCc1nc(-c2cccs2)no1)c1ccc(CSc2ccc(Cl)cc2)cc1. The highest BCUT2D eigenvalue weighted by Crippen LogP contribution is 2.24.